The largest absolute Gasteiger partial charge is 0.350 e. The van der Waals surface area contributed by atoms with Gasteiger partial charge in [-0.3, -0.25) is 14.4 Å². The number of benzene rings is 2. The average molecular weight is 503 g/mol. The molecule has 3 rings (SSSR count). The summed E-state index contributed by atoms with van der Waals surface area (Å²) in [6.07, 6.45) is 0. The van der Waals surface area contributed by atoms with Crippen LogP contribution in [0.25, 0.3) is 11.1 Å². The lowest BCUT2D eigenvalue weighted by atomic mass is 10.0. The molecule has 0 spiro atoms. The minimum absolute atomic E-state index is 0.00408. The van der Waals surface area contributed by atoms with Gasteiger partial charge < -0.3 is 16.0 Å². The number of hydrogen-bond acceptors (Lipinski definition) is 7. The van der Waals surface area contributed by atoms with Gasteiger partial charge in [0.1, 0.15) is 0 Å². The molecule has 0 aliphatic heterocycles. The first-order valence-corrected chi connectivity index (χ1v) is 11.7. The van der Waals surface area contributed by atoms with E-state index in [9.17, 15) is 22.8 Å². The van der Waals surface area contributed by atoms with E-state index in [1.54, 1.807) is 30.3 Å². The third-order valence-electron chi connectivity index (χ3n) is 4.43. The van der Waals surface area contributed by atoms with Crippen molar-refractivity contribution in [3.63, 3.8) is 0 Å². The Labute approximate surface area is 199 Å². The van der Waals surface area contributed by atoms with Gasteiger partial charge in [0.15, 0.2) is 11.0 Å². The number of aromatic nitrogens is 2. The van der Waals surface area contributed by atoms with Crippen molar-refractivity contribution < 1.29 is 22.8 Å². The number of nitrogens with one attached hydrogen (secondary N) is 3. The van der Waals surface area contributed by atoms with Crippen molar-refractivity contribution in [1.82, 2.24) is 20.8 Å². The Morgan fingerprint density at radius 3 is 2.18 bits per heavy atom. The summed E-state index contributed by atoms with van der Waals surface area (Å²) in [6.45, 7) is 0.0682. The van der Waals surface area contributed by atoms with Gasteiger partial charge in [-0.1, -0.05) is 41.9 Å². The van der Waals surface area contributed by atoms with Crippen molar-refractivity contribution in [1.29, 1.82) is 0 Å². The summed E-state index contributed by atoms with van der Waals surface area (Å²) in [7, 11) is -3.91. The maximum atomic E-state index is 12.3. The topological polar surface area (TPSA) is 173 Å². The second-order valence-corrected chi connectivity index (χ2v) is 8.74. The molecule has 0 fully saturated rings. The minimum Gasteiger partial charge on any atom is -0.350 e. The summed E-state index contributed by atoms with van der Waals surface area (Å²) in [4.78, 5) is 36.0. The lowest BCUT2D eigenvalue weighted by Crippen LogP contribution is -2.40. The van der Waals surface area contributed by atoms with E-state index >= 15 is 0 Å². The number of hydrogen-bond donors (Lipinski definition) is 4. The van der Waals surface area contributed by atoms with E-state index in [1.165, 1.54) is 30.3 Å². The number of carbonyl (C=O) groups excluding carboxylic acids is 3. The fraction of sp³-hybridized carbons (Fsp3) is 0.0952. The number of anilines is 1. The lowest BCUT2D eigenvalue weighted by molar-refractivity contribution is -0.136. The Kier molecular flexibility index (Phi) is 7.89. The minimum atomic E-state index is -3.91. The molecule has 1 aromatic heterocycles. The molecule has 0 unspecified atom stereocenters. The maximum Gasteiger partial charge on any atom is 0.314 e. The molecule has 1 heterocycles. The molecule has 176 valence electrons. The van der Waals surface area contributed by atoms with Crippen LogP contribution in [0.3, 0.4) is 0 Å². The molecule has 3 amide bonds. The Morgan fingerprint density at radius 1 is 0.853 bits per heavy atom. The zero-order valence-electron chi connectivity index (χ0n) is 17.5. The van der Waals surface area contributed by atoms with Crippen molar-refractivity contribution in [2.24, 2.45) is 5.14 Å². The first-order valence-electron chi connectivity index (χ1n) is 9.74. The average Bonchev–Trinajstić information content (AvgIpc) is 2.82. The smallest absolute Gasteiger partial charge is 0.314 e. The second-order valence-electron chi connectivity index (χ2n) is 6.83. The van der Waals surface area contributed by atoms with Crippen LogP contribution in [0.15, 0.2) is 65.6 Å². The summed E-state index contributed by atoms with van der Waals surface area (Å²) in [5.41, 5.74) is 1.31. The van der Waals surface area contributed by atoms with Crippen LogP contribution >= 0.6 is 11.6 Å². The summed E-state index contributed by atoms with van der Waals surface area (Å²) < 4.78 is 23.6. The molecule has 13 heteroatoms. The fourth-order valence-corrected chi connectivity index (χ4v) is 3.71. The van der Waals surface area contributed by atoms with E-state index in [4.69, 9.17) is 16.7 Å². The molecule has 5 N–H and O–H groups in total. The van der Waals surface area contributed by atoms with Crippen LogP contribution in [0.4, 0.5) is 5.82 Å². The zero-order valence-corrected chi connectivity index (χ0v) is 19.1. The molecule has 3 aromatic rings. The van der Waals surface area contributed by atoms with E-state index in [2.05, 4.69) is 26.1 Å². The molecule has 2 aromatic carbocycles. The third-order valence-corrected chi connectivity index (χ3v) is 5.60. The molecule has 34 heavy (non-hydrogen) atoms. The summed E-state index contributed by atoms with van der Waals surface area (Å²) >= 11 is 5.60. The fourth-order valence-electron chi connectivity index (χ4n) is 2.84. The number of nitrogens with zero attached hydrogens (tertiary/aromatic N) is 2. The van der Waals surface area contributed by atoms with Gasteiger partial charge in [-0.2, -0.15) is 0 Å². The van der Waals surface area contributed by atoms with E-state index < -0.39 is 27.7 Å². The number of halogens is 1. The number of amides is 3. The molecule has 0 aliphatic rings. The molecule has 0 saturated heterocycles. The van der Waals surface area contributed by atoms with Crippen molar-refractivity contribution in [2.75, 3.05) is 18.4 Å². The van der Waals surface area contributed by atoms with Crippen LogP contribution in [-0.4, -0.2) is 49.4 Å². The molecule has 11 nitrogen and oxygen atoms in total. The van der Waals surface area contributed by atoms with Gasteiger partial charge in [-0.25, -0.2) is 13.6 Å². The summed E-state index contributed by atoms with van der Waals surface area (Å²) in [5.74, 6) is -2.21. The normalized spacial score (nSPS) is 10.9. The van der Waals surface area contributed by atoms with Gasteiger partial charge in [-0.05, 0) is 35.9 Å². The van der Waals surface area contributed by atoms with Crippen LogP contribution in [0.2, 0.25) is 5.15 Å². The van der Waals surface area contributed by atoms with E-state index in [-0.39, 0.29) is 29.0 Å². The van der Waals surface area contributed by atoms with E-state index in [0.717, 1.165) is 0 Å². The molecule has 0 radical (unpaired) electrons. The molecule has 0 saturated carbocycles. The highest BCUT2D eigenvalue weighted by Gasteiger charge is 2.16. The SMILES string of the molecule is NS(=O)(=O)c1ccccc1-c1ccc(C(=O)NCCNC(=O)C(=O)Nc2ccc(Cl)nn2)cc1. The van der Waals surface area contributed by atoms with Gasteiger partial charge in [0.05, 0.1) is 4.90 Å². The molecular weight excluding hydrogens is 484 g/mol. The highest BCUT2D eigenvalue weighted by molar-refractivity contribution is 7.89. The van der Waals surface area contributed by atoms with Gasteiger partial charge in [0, 0.05) is 24.2 Å². The van der Waals surface area contributed by atoms with Crippen LogP contribution in [0.1, 0.15) is 10.4 Å². The number of rotatable bonds is 7. The Hall–Kier alpha value is -3.87. The predicted molar refractivity (Wildman–Crippen MR) is 124 cm³/mol. The van der Waals surface area contributed by atoms with Crippen molar-refractivity contribution in [2.45, 2.75) is 4.90 Å². The highest BCUT2D eigenvalue weighted by Crippen LogP contribution is 2.26. The molecular formula is C21H19ClN6O5S. The third kappa shape index (κ3) is 6.57. The molecule has 0 aliphatic carbocycles. The van der Waals surface area contributed by atoms with Gasteiger partial charge >= 0.3 is 11.8 Å². The Morgan fingerprint density at radius 2 is 1.53 bits per heavy atom. The first kappa shape index (κ1) is 24.8. The monoisotopic (exact) mass is 502 g/mol. The number of primary sulfonamides is 1. The standard InChI is InChI=1S/C21H19ClN6O5S/c22-17-9-10-18(28-27-17)26-21(31)20(30)25-12-11-24-19(29)14-7-5-13(6-8-14)15-3-1-2-4-16(15)34(23,32)33/h1-10H,11-12H2,(H,24,29)(H,25,30)(H2,23,32,33)(H,26,28,31). The van der Waals surface area contributed by atoms with Gasteiger partial charge in [0.25, 0.3) is 5.91 Å². The van der Waals surface area contributed by atoms with E-state index in [0.29, 0.717) is 16.7 Å². The number of sulfonamides is 1. The van der Waals surface area contributed by atoms with Crippen LogP contribution < -0.4 is 21.1 Å². The quantitative estimate of drug-likeness (QED) is 0.274. The lowest BCUT2D eigenvalue weighted by Gasteiger charge is -2.10. The van der Waals surface area contributed by atoms with Crippen LogP contribution in [0.5, 0.6) is 0 Å². The number of nitrogens with two attached hydrogens (primary N) is 1. The summed E-state index contributed by atoms with van der Waals surface area (Å²) in [6, 6.07) is 15.3. The molecule has 0 bridgehead atoms. The van der Waals surface area contributed by atoms with Crippen molar-refractivity contribution >= 4 is 45.2 Å². The highest BCUT2D eigenvalue weighted by atomic mass is 35.5. The van der Waals surface area contributed by atoms with Crippen molar-refractivity contribution in [3.05, 3.63) is 71.4 Å². The number of carbonyl (C=O) groups is 3. The van der Waals surface area contributed by atoms with Crippen molar-refractivity contribution in [3.8, 4) is 11.1 Å². The second kappa shape index (κ2) is 10.8. The summed E-state index contributed by atoms with van der Waals surface area (Å²) in [5, 5.41) is 19.8. The molecule has 0 atom stereocenters. The predicted octanol–water partition coefficient (Wildman–Crippen LogP) is 0.929. The van der Waals surface area contributed by atoms with E-state index in [1.807, 2.05) is 0 Å². The Bertz CT molecular complexity index is 1310. The van der Waals surface area contributed by atoms with Gasteiger partial charge in [-0.15, -0.1) is 10.2 Å². The first-order chi connectivity index (χ1) is 16.1. The maximum absolute atomic E-state index is 12.3. The Balaban J connectivity index is 1.50. The van der Waals surface area contributed by atoms with Gasteiger partial charge in [0.2, 0.25) is 10.0 Å². The van der Waals surface area contributed by atoms with Crippen LogP contribution in [-0.2, 0) is 19.6 Å². The van der Waals surface area contributed by atoms with Crippen LogP contribution in [0, 0.1) is 0 Å². The zero-order chi connectivity index (χ0) is 24.7.